The van der Waals surface area contributed by atoms with E-state index in [1.54, 1.807) is 20.4 Å². The van der Waals surface area contributed by atoms with Gasteiger partial charge in [0.15, 0.2) is 17.2 Å². The number of carbonyl (C=O) groups is 2. The van der Waals surface area contributed by atoms with E-state index in [9.17, 15) is 9.59 Å². The molecule has 10 heteroatoms. The number of pyridine rings is 1. The summed E-state index contributed by atoms with van der Waals surface area (Å²) in [4.78, 5) is 31.1. The minimum Gasteiger partial charge on any atom is -0.493 e. The van der Waals surface area contributed by atoms with Gasteiger partial charge in [-0.3, -0.25) is 4.79 Å². The molecule has 2 N–H and O–H groups in total. The van der Waals surface area contributed by atoms with Crippen molar-refractivity contribution in [3.8, 4) is 11.5 Å². The van der Waals surface area contributed by atoms with Crippen molar-refractivity contribution in [2.75, 3.05) is 45.2 Å². The third-order valence-corrected chi connectivity index (χ3v) is 7.24. The van der Waals surface area contributed by atoms with Crippen LogP contribution in [0.3, 0.4) is 0 Å². The second-order valence-corrected chi connectivity index (χ2v) is 9.79. The molecule has 3 heterocycles. The molecule has 0 saturated carbocycles. The van der Waals surface area contributed by atoms with Crippen LogP contribution in [0, 0.1) is 5.92 Å². The van der Waals surface area contributed by atoms with Gasteiger partial charge < -0.3 is 34.1 Å². The van der Waals surface area contributed by atoms with E-state index in [1.807, 2.05) is 59.2 Å². The average molecular weight is 559 g/mol. The molecule has 5 rings (SSSR count). The first-order valence-corrected chi connectivity index (χ1v) is 13.5. The number of hydrogen-bond donors (Lipinski definition) is 2. The molecule has 0 aliphatic carbocycles. The van der Waals surface area contributed by atoms with Crippen LogP contribution < -0.4 is 20.1 Å². The normalized spacial score (nSPS) is 14.6. The molecule has 2 aromatic carbocycles. The summed E-state index contributed by atoms with van der Waals surface area (Å²) in [5.41, 5.74) is 4.05. The van der Waals surface area contributed by atoms with Gasteiger partial charge in [0.2, 0.25) is 5.91 Å². The van der Waals surface area contributed by atoms with Crippen molar-refractivity contribution in [2.24, 2.45) is 5.92 Å². The zero-order chi connectivity index (χ0) is 28.8. The fourth-order valence-corrected chi connectivity index (χ4v) is 5.02. The van der Waals surface area contributed by atoms with E-state index in [2.05, 4.69) is 10.6 Å². The Balaban J connectivity index is 1.51. The number of aromatic nitrogens is 2. The minimum atomic E-state index is -0.547. The first-order chi connectivity index (χ1) is 20.0. The Bertz CT molecular complexity index is 1530. The largest absolute Gasteiger partial charge is 0.493 e. The Hall–Kier alpha value is -4.57. The summed E-state index contributed by atoms with van der Waals surface area (Å²) in [6.07, 6.45) is 3.02. The fraction of sp³-hybridized carbons (Fsp3) is 0.323. The summed E-state index contributed by atoms with van der Waals surface area (Å²) in [5, 5.41) is 7.05. The van der Waals surface area contributed by atoms with Crippen molar-refractivity contribution in [3.63, 3.8) is 0 Å². The van der Waals surface area contributed by atoms with Gasteiger partial charge in [0.1, 0.15) is 5.65 Å². The van der Waals surface area contributed by atoms with Gasteiger partial charge in [-0.05, 0) is 42.2 Å². The number of amides is 1. The zero-order valence-corrected chi connectivity index (χ0v) is 23.4. The van der Waals surface area contributed by atoms with Gasteiger partial charge in [0.25, 0.3) is 0 Å². The topological polar surface area (TPSA) is 113 Å². The van der Waals surface area contributed by atoms with Crippen LogP contribution in [0.25, 0.3) is 11.0 Å². The number of nitrogens with one attached hydrogen (secondary N) is 2. The van der Waals surface area contributed by atoms with Gasteiger partial charge in [0, 0.05) is 25.1 Å². The van der Waals surface area contributed by atoms with Gasteiger partial charge in [-0.2, -0.15) is 0 Å². The number of ether oxygens (including phenoxy) is 4. The Labute approximate surface area is 238 Å². The lowest BCUT2D eigenvalue weighted by Crippen LogP contribution is -2.24. The lowest BCUT2D eigenvalue weighted by molar-refractivity contribution is -0.119. The Morgan fingerprint density at radius 2 is 1.83 bits per heavy atom. The predicted molar refractivity (Wildman–Crippen MR) is 156 cm³/mol. The highest BCUT2D eigenvalue weighted by Crippen LogP contribution is 2.34. The molecule has 1 aliphatic heterocycles. The van der Waals surface area contributed by atoms with E-state index in [0.717, 1.165) is 16.8 Å². The van der Waals surface area contributed by atoms with Gasteiger partial charge in [-0.25, -0.2) is 9.78 Å². The summed E-state index contributed by atoms with van der Waals surface area (Å²) in [6, 6.07) is 17.6. The highest BCUT2D eigenvalue weighted by molar-refractivity contribution is 6.11. The van der Waals surface area contributed by atoms with Crippen LogP contribution in [0.5, 0.6) is 11.5 Å². The van der Waals surface area contributed by atoms with Gasteiger partial charge in [-0.15, -0.1) is 0 Å². The second-order valence-electron chi connectivity index (χ2n) is 9.79. The maximum Gasteiger partial charge on any atom is 0.356 e. The van der Waals surface area contributed by atoms with Crippen molar-refractivity contribution in [1.82, 2.24) is 9.55 Å². The summed E-state index contributed by atoms with van der Waals surface area (Å²) < 4.78 is 23.2. The predicted octanol–water partition coefficient (Wildman–Crippen LogP) is 4.67. The molecule has 1 amide bonds. The van der Waals surface area contributed by atoms with Gasteiger partial charge in [-0.1, -0.05) is 36.4 Å². The SMILES string of the molecule is COC(=O)c1c(NC(=O)C2CCOC2)c2cc(NCc3ccc(OC)c(OC)c3)cnc2n1CCc1ccccc1. The van der Waals surface area contributed by atoms with E-state index in [0.29, 0.717) is 67.4 Å². The van der Waals surface area contributed by atoms with Crippen molar-refractivity contribution in [3.05, 3.63) is 77.6 Å². The van der Waals surface area contributed by atoms with E-state index >= 15 is 0 Å². The molecule has 1 fully saturated rings. The molecule has 0 spiro atoms. The number of nitrogens with zero attached hydrogens (tertiary/aromatic N) is 2. The van der Waals surface area contributed by atoms with Crippen molar-refractivity contribution >= 4 is 34.3 Å². The molecule has 1 saturated heterocycles. The van der Waals surface area contributed by atoms with Crippen molar-refractivity contribution < 1.29 is 28.5 Å². The van der Waals surface area contributed by atoms with Crippen molar-refractivity contribution in [1.29, 1.82) is 0 Å². The fourth-order valence-electron chi connectivity index (χ4n) is 5.02. The lowest BCUT2D eigenvalue weighted by atomic mass is 10.1. The first kappa shape index (κ1) is 28.0. The maximum absolute atomic E-state index is 13.2. The summed E-state index contributed by atoms with van der Waals surface area (Å²) in [5.74, 6) is 0.258. The maximum atomic E-state index is 13.2. The van der Waals surface area contributed by atoms with Crippen LogP contribution in [0.2, 0.25) is 0 Å². The van der Waals surface area contributed by atoms with E-state index in [1.165, 1.54) is 7.11 Å². The lowest BCUT2D eigenvalue weighted by Gasteiger charge is -2.12. The van der Waals surface area contributed by atoms with Gasteiger partial charge >= 0.3 is 5.97 Å². The highest BCUT2D eigenvalue weighted by Gasteiger charge is 2.30. The van der Waals surface area contributed by atoms with E-state index in [4.69, 9.17) is 23.9 Å². The summed E-state index contributed by atoms with van der Waals surface area (Å²) in [6.45, 7) is 1.85. The van der Waals surface area contributed by atoms with E-state index < -0.39 is 5.97 Å². The number of methoxy groups -OCH3 is 3. The Morgan fingerprint density at radius 1 is 1.02 bits per heavy atom. The molecule has 4 aromatic rings. The molecule has 0 bridgehead atoms. The number of carbonyl (C=O) groups excluding carboxylic acids is 2. The zero-order valence-electron chi connectivity index (χ0n) is 23.4. The standard InChI is InChI=1S/C31H34N4O6/c1-38-25-10-9-21(15-26(25)39-2)17-32-23-16-24-27(34-30(36)22-12-14-41-19-22)28(31(37)40-3)35(29(24)33-18-23)13-11-20-7-5-4-6-8-20/h4-10,15-16,18,22,32H,11-14,17,19H2,1-3H3,(H,34,36). The molecule has 2 aromatic heterocycles. The smallest absolute Gasteiger partial charge is 0.356 e. The first-order valence-electron chi connectivity index (χ1n) is 13.5. The molecular weight excluding hydrogens is 524 g/mol. The van der Waals surface area contributed by atoms with Gasteiger partial charge in [0.05, 0.1) is 51.4 Å². The van der Waals surface area contributed by atoms with Crippen LogP contribution in [-0.4, -0.2) is 56.0 Å². The number of fused-ring (bicyclic) bond motifs is 1. The Kier molecular flexibility index (Phi) is 8.69. The molecule has 0 radical (unpaired) electrons. The van der Waals surface area contributed by atoms with E-state index in [-0.39, 0.29) is 17.5 Å². The molecule has 41 heavy (non-hydrogen) atoms. The Morgan fingerprint density at radius 3 is 2.54 bits per heavy atom. The third-order valence-electron chi connectivity index (χ3n) is 7.24. The molecule has 10 nitrogen and oxygen atoms in total. The number of hydrogen-bond acceptors (Lipinski definition) is 8. The number of benzene rings is 2. The van der Waals surface area contributed by atoms with Crippen LogP contribution in [-0.2, 0) is 33.8 Å². The number of esters is 1. The number of anilines is 2. The highest BCUT2D eigenvalue weighted by atomic mass is 16.5. The van der Waals surface area contributed by atoms with Crippen LogP contribution in [0.1, 0.15) is 28.0 Å². The van der Waals surface area contributed by atoms with Crippen LogP contribution in [0.15, 0.2) is 60.8 Å². The monoisotopic (exact) mass is 558 g/mol. The minimum absolute atomic E-state index is 0.196. The van der Waals surface area contributed by atoms with Crippen LogP contribution >= 0.6 is 0 Å². The molecular formula is C31H34N4O6. The second kappa shape index (κ2) is 12.7. The number of aryl methyl sites for hydroxylation is 2. The quantitative estimate of drug-likeness (QED) is 0.256. The molecule has 1 atom stereocenters. The third kappa shape index (κ3) is 6.12. The summed E-state index contributed by atoms with van der Waals surface area (Å²) >= 11 is 0. The summed E-state index contributed by atoms with van der Waals surface area (Å²) in [7, 11) is 4.53. The molecule has 1 unspecified atom stereocenters. The molecule has 214 valence electrons. The van der Waals surface area contributed by atoms with Crippen LogP contribution in [0.4, 0.5) is 11.4 Å². The average Bonchev–Trinajstić information content (AvgIpc) is 3.66. The molecule has 1 aliphatic rings. The van der Waals surface area contributed by atoms with Crippen molar-refractivity contribution in [2.45, 2.75) is 25.9 Å². The number of rotatable bonds is 11.